The fourth-order valence-electron chi connectivity index (χ4n) is 2.73. The largest absolute Gasteiger partial charge is 0.456 e. The lowest BCUT2D eigenvalue weighted by molar-refractivity contribution is 0.629. The first-order valence-corrected chi connectivity index (χ1v) is 7.53. The Morgan fingerprint density at radius 1 is 0.870 bits per heavy atom. The van der Waals surface area contributed by atoms with E-state index in [2.05, 4.69) is 0 Å². The maximum atomic E-state index is 12.7. The van der Waals surface area contributed by atoms with Crippen LogP contribution < -0.4 is 5.56 Å². The van der Waals surface area contributed by atoms with Crippen molar-refractivity contribution in [3.8, 4) is 11.3 Å². The van der Waals surface area contributed by atoms with Crippen LogP contribution in [0.3, 0.4) is 0 Å². The zero-order chi connectivity index (χ0) is 15.6. The van der Waals surface area contributed by atoms with Crippen LogP contribution in [0.2, 0.25) is 0 Å². The fourth-order valence-corrected chi connectivity index (χ4v) is 2.73. The normalized spacial score (nSPS) is 11.0. The molecule has 4 aromatic rings. The third-order valence-corrected chi connectivity index (χ3v) is 3.91. The van der Waals surface area contributed by atoms with E-state index in [0.29, 0.717) is 17.5 Å². The van der Waals surface area contributed by atoms with Gasteiger partial charge in [-0.3, -0.25) is 4.79 Å². The average Bonchev–Trinajstić information content (AvgIpc) is 3.04. The molecule has 0 fully saturated rings. The highest BCUT2D eigenvalue weighted by atomic mass is 16.3. The van der Waals surface area contributed by atoms with Crippen molar-refractivity contribution in [3.63, 3.8) is 0 Å². The van der Waals surface area contributed by atoms with E-state index in [0.717, 1.165) is 16.9 Å². The topological polar surface area (TPSA) is 35.1 Å². The number of fused-ring (bicyclic) bond motifs is 1. The molecular weight excluding hydrogens is 286 g/mol. The zero-order valence-corrected chi connectivity index (χ0v) is 12.5. The van der Waals surface area contributed by atoms with E-state index in [4.69, 9.17) is 4.42 Å². The van der Waals surface area contributed by atoms with Crippen LogP contribution >= 0.6 is 0 Å². The molecule has 0 aliphatic heterocycles. The molecular formula is C20H15NO2. The number of furan rings is 1. The molecule has 0 unspecified atom stereocenters. The highest BCUT2D eigenvalue weighted by Crippen LogP contribution is 2.25. The molecule has 0 amide bonds. The van der Waals surface area contributed by atoms with Gasteiger partial charge in [-0.2, -0.15) is 0 Å². The van der Waals surface area contributed by atoms with Gasteiger partial charge in [0.25, 0.3) is 5.56 Å². The number of rotatable bonds is 3. The van der Waals surface area contributed by atoms with Crippen molar-refractivity contribution < 1.29 is 4.42 Å². The van der Waals surface area contributed by atoms with E-state index in [1.165, 1.54) is 0 Å². The summed E-state index contributed by atoms with van der Waals surface area (Å²) in [5.41, 5.74) is 2.66. The third-order valence-electron chi connectivity index (χ3n) is 3.91. The molecule has 23 heavy (non-hydrogen) atoms. The van der Waals surface area contributed by atoms with Gasteiger partial charge in [0.2, 0.25) is 0 Å². The summed E-state index contributed by atoms with van der Waals surface area (Å²) in [6.07, 6.45) is 1.79. The van der Waals surface area contributed by atoms with Gasteiger partial charge in [0, 0.05) is 11.8 Å². The summed E-state index contributed by atoms with van der Waals surface area (Å²) in [4.78, 5) is 12.7. The van der Waals surface area contributed by atoms with Crippen molar-refractivity contribution in [2.45, 2.75) is 6.54 Å². The van der Waals surface area contributed by atoms with Gasteiger partial charge in [0.05, 0.1) is 11.9 Å². The molecule has 0 aliphatic rings. The van der Waals surface area contributed by atoms with Gasteiger partial charge in [-0.15, -0.1) is 0 Å². The molecule has 0 bridgehead atoms. The monoisotopic (exact) mass is 301 g/mol. The Bertz CT molecular complexity index is 998. The van der Waals surface area contributed by atoms with E-state index in [9.17, 15) is 4.79 Å². The molecule has 0 radical (unpaired) electrons. The first kappa shape index (κ1) is 13.6. The average molecular weight is 301 g/mol. The molecule has 0 saturated carbocycles. The smallest absolute Gasteiger partial charge is 0.262 e. The highest BCUT2D eigenvalue weighted by molar-refractivity contribution is 5.81. The van der Waals surface area contributed by atoms with Gasteiger partial charge in [-0.05, 0) is 17.7 Å². The lowest BCUT2D eigenvalue weighted by Gasteiger charge is -2.05. The summed E-state index contributed by atoms with van der Waals surface area (Å²) in [6, 6.07) is 23.4. The van der Waals surface area contributed by atoms with Crippen LogP contribution in [0.5, 0.6) is 0 Å². The summed E-state index contributed by atoms with van der Waals surface area (Å²) < 4.78 is 7.54. The van der Waals surface area contributed by atoms with Crippen molar-refractivity contribution in [1.29, 1.82) is 0 Å². The van der Waals surface area contributed by atoms with Gasteiger partial charge in [0.1, 0.15) is 11.3 Å². The molecule has 3 nitrogen and oxygen atoms in total. The number of benzene rings is 2. The predicted octanol–water partition coefficient (Wildman–Crippen LogP) is 4.31. The molecule has 4 rings (SSSR count). The molecule has 0 aliphatic carbocycles. The minimum atomic E-state index is -0.0303. The van der Waals surface area contributed by atoms with E-state index in [1.807, 2.05) is 72.8 Å². The molecule has 3 heteroatoms. The summed E-state index contributed by atoms with van der Waals surface area (Å²) in [5, 5.41) is 0.613. The first-order chi connectivity index (χ1) is 11.3. The summed E-state index contributed by atoms with van der Waals surface area (Å²) in [5.74, 6) is 0.718. The van der Waals surface area contributed by atoms with Crippen LogP contribution in [0, 0.1) is 0 Å². The Morgan fingerprint density at radius 2 is 1.57 bits per heavy atom. The van der Waals surface area contributed by atoms with Gasteiger partial charge in [-0.25, -0.2) is 0 Å². The van der Waals surface area contributed by atoms with Crippen LogP contribution in [-0.2, 0) is 6.54 Å². The Balaban J connectivity index is 1.78. The molecule has 0 saturated heterocycles. The summed E-state index contributed by atoms with van der Waals surface area (Å²) in [6.45, 7) is 0.557. The predicted molar refractivity (Wildman–Crippen MR) is 91.5 cm³/mol. The standard InChI is InChI=1S/C20H15NO2/c22-20-17-13-19(16-9-5-2-6-10-16)23-18(17)11-12-21(20)14-15-7-3-1-4-8-15/h1-13H,14H2. The second-order valence-electron chi connectivity index (χ2n) is 5.49. The molecule has 2 heterocycles. The van der Waals surface area contributed by atoms with Gasteiger partial charge >= 0.3 is 0 Å². The Hall–Kier alpha value is -3.07. The van der Waals surface area contributed by atoms with Crippen molar-refractivity contribution >= 4 is 11.0 Å². The van der Waals surface area contributed by atoms with Crippen LogP contribution in [0.4, 0.5) is 0 Å². The van der Waals surface area contributed by atoms with Crippen molar-refractivity contribution in [2.75, 3.05) is 0 Å². The summed E-state index contributed by atoms with van der Waals surface area (Å²) >= 11 is 0. The van der Waals surface area contributed by atoms with Crippen LogP contribution in [0.25, 0.3) is 22.3 Å². The second kappa shape index (κ2) is 5.61. The molecule has 112 valence electrons. The molecule has 2 aromatic carbocycles. The summed E-state index contributed by atoms with van der Waals surface area (Å²) in [7, 11) is 0. The van der Waals surface area contributed by atoms with E-state index in [-0.39, 0.29) is 5.56 Å². The SMILES string of the molecule is O=c1c2cc(-c3ccccc3)oc2ccn1Cc1ccccc1. The van der Waals surface area contributed by atoms with Crippen LogP contribution in [0.15, 0.2) is 88.2 Å². The number of pyridine rings is 1. The lowest BCUT2D eigenvalue weighted by atomic mass is 10.1. The first-order valence-electron chi connectivity index (χ1n) is 7.53. The molecule has 0 spiro atoms. The number of nitrogens with zero attached hydrogens (tertiary/aromatic N) is 1. The lowest BCUT2D eigenvalue weighted by Crippen LogP contribution is -2.19. The third kappa shape index (κ3) is 2.57. The van der Waals surface area contributed by atoms with Crippen molar-refractivity contribution in [3.05, 3.63) is 94.9 Å². The molecule has 2 aromatic heterocycles. The Kier molecular flexibility index (Phi) is 3.31. The zero-order valence-electron chi connectivity index (χ0n) is 12.5. The molecule has 0 N–H and O–H groups in total. The van der Waals surface area contributed by atoms with Gasteiger partial charge in [0.15, 0.2) is 0 Å². The number of aromatic nitrogens is 1. The van der Waals surface area contributed by atoms with Crippen LogP contribution in [0.1, 0.15) is 5.56 Å². The molecule has 0 atom stereocenters. The van der Waals surface area contributed by atoms with Crippen LogP contribution in [-0.4, -0.2) is 4.57 Å². The number of hydrogen-bond acceptors (Lipinski definition) is 2. The quantitative estimate of drug-likeness (QED) is 0.565. The Labute approximate surface area is 133 Å². The minimum absolute atomic E-state index is 0.0303. The van der Waals surface area contributed by atoms with Gasteiger partial charge in [-0.1, -0.05) is 60.7 Å². The van der Waals surface area contributed by atoms with Crippen molar-refractivity contribution in [1.82, 2.24) is 4.57 Å². The number of hydrogen-bond donors (Lipinski definition) is 0. The maximum Gasteiger partial charge on any atom is 0.262 e. The second-order valence-corrected chi connectivity index (χ2v) is 5.49. The Morgan fingerprint density at radius 3 is 2.30 bits per heavy atom. The fraction of sp³-hybridized carbons (Fsp3) is 0.0500. The van der Waals surface area contributed by atoms with E-state index >= 15 is 0 Å². The van der Waals surface area contributed by atoms with Gasteiger partial charge < -0.3 is 8.98 Å². The minimum Gasteiger partial charge on any atom is -0.456 e. The maximum absolute atomic E-state index is 12.7. The van der Waals surface area contributed by atoms with E-state index < -0.39 is 0 Å². The van der Waals surface area contributed by atoms with Crippen molar-refractivity contribution in [2.24, 2.45) is 0 Å². The van der Waals surface area contributed by atoms with E-state index in [1.54, 1.807) is 10.8 Å². The highest BCUT2D eigenvalue weighted by Gasteiger charge is 2.10.